The number of benzene rings is 1. The average molecular weight is 397 g/mol. The summed E-state index contributed by atoms with van der Waals surface area (Å²) in [4.78, 5) is 1.86. The molecule has 0 aromatic heterocycles. The van der Waals surface area contributed by atoms with Gasteiger partial charge in [-0.3, -0.25) is 4.90 Å². The second-order valence-electron chi connectivity index (χ2n) is 5.35. The first-order valence-electron chi connectivity index (χ1n) is 7.28. The second kappa shape index (κ2) is 7.72. The van der Waals surface area contributed by atoms with Gasteiger partial charge in [-0.25, -0.2) is 0 Å². The van der Waals surface area contributed by atoms with E-state index in [1.165, 1.54) is 14.2 Å². The van der Waals surface area contributed by atoms with Crippen LogP contribution >= 0.6 is 15.9 Å². The van der Waals surface area contributed by atoms with Crippen LogP contribution in [0.3, 0.4) is 0 Å². The van der Waals surface area contributed by atoms with E-state index in [0.29, 0.717) is 47.7 Å². The molecule has 1 heterocycles. The Morgan fingerprint density at radius 2 is 1.74 bits per heavy atom. The molecule has 1 aromatic carbocycles. The molecule has 1 aliphatic rings. The third kappa shape index (κ3) is 4.74. The zero-order chi connectivity index (χ0) is 17.0. The summed E-state index contributed by atoms with van der Waals surface area (Å²) < 4.78 is 50.3. The summed E-state index contributed by atoms with van der Waals surface area (Å²) in [7, 11) is 2.96. The number of piperazine rings is 1. The van der Waals surface area contributed by atoms with Crippen molar-refractivity contribution in [1.82, 2.24) is 10.2 Å². The maximum absolute atomic E-state index is 13.1. The van der Waals surface area contributed by atoms with Gasteiger partial charge in [0.2, 0.25) is 0 Å². The molecule has 1 aliphatic heterocycles. The number of ether oxygens (including phenoxy) is 2. The lowest BCUT2D eigenvalue weighted by atomic mass is 10.00. The number of methoxy groups -OCH3 is 2. The first kappa shape index (κ1) is 18.4. The minimum atomic E-state index is -4.25. The Morgan fingerprint density at radius 3 is 2.26 bits per heavy atom. The largest absolute Gasteiger partial charge is 0.493 e. The van der Waals surface area contributed by atoms with Crippen molar-refractivity contribution >= 4 is 15.9 Å². The maximum Gasteiger partial charge on any atom is 0.390 e. The van der Waals surface area contributed by atoms with Gasteiger partial charge in [0.15, 0.2) is 11.5 Å². The molecule has 1 fully saturated rings. The highest BCUT2D eigenvalue weighted by Crippen LogP contribution is 2.41. The Bertz CT molecular complexity index is 534. The van der Waals surface area contributed by atoms with Gasteiger partial charge in [-0.1, -0.05) is 15.9 Å². The van der Waals surface area contributed by atoms with E-state index in [9.17, 15) is 13.2 Å². The molecule has 0 radical (unpaired) electrons. The van der Waals surface area contributed by atoms with Gasteiger partial charge in [0, 0.05) is 36.7 Å². The van der Waals surface area contributed by atoms with Crippen LogP contribution in [0.5, 0.6) is 11.5 Å². The van der Waals surface area contributed by atoms with Gasteiger partial charge in [-0.2, -0.15) is 13.2 Å². The minimum Gasteiger partial charge on any atom is -0.493 e. The van der Waals surface area contributed by atoms with Gasteiger partial charge < -0.3 is 14.8 Å². The van der Waals surface area contributed by atoms with Crippen molar-refractivity contribution in [3.8, 4) is 11.5 Å². The van der Waals surface area contributed by atoms with Gasteiger partial charge in [0.05, 0.1) is 20.6 Å². The van der Waals surface area contributed by atoms with Gasteiger partial charge in [0.1, 0.15) is 0 Å². The third-order valence-electron chi connectivity index (χ3n) is 3.88. The molecule has 1 saturated heterocycles. The fraction of sp³-hybridized carbons (Fsp3) is 0.600. The lowest BCUT2D eigenvalue weighted by molar-refractivity contribution is -0.148. The van der Waals surface area contributed by atoms with Crippen LogP contribution in [0.15, 0.2) is 16.6 Å². The number of alkyl halides is 3. The molecule has 0 aliphatic carbocycles. The predicted octanol–water partition coefficient (Wildman–Crippen LogP) is 3.37. The first-order chi connectivity index (χ1) is 10.9. The monoisotopic (exact) mass is 396 g/mol. The molecule has 2 rings (SSSR count). The van der Waals surface area contributed by atoms with Crippen LogP contribution in [0.25, 0.3) is 0 Å². The van der Waals surface area contributed by atoms with Crippen molar-refractivity contribution in [1.29, 1.82) is 0 Å². The number of halogens is 4. The summed E-state index contributed by atoms with van der Waals surface area (Å²) in [5, 5.41) is 3.16. The Morgan fingerprint density at radius 1 is 1.17 bits per heavy atom. The van der Waals surface area contributed by atoms with Crippen molar-refractivity contribution < 1.29 is 22.6 Å². The van der Waals surface area contributed by atoms with Gasteiger partial charge >= 0.3 is 6.18 Å². The lowest BCUT2D eigenvalue weighted by Crippen LogP contribution is -2.46. The van der Waals surface area contributed by atoms with Crippen molar-refractivity contribution in [3.05, 3.63) is 22.2 Å². The topological polar surface area (TPSA) is 33.7 Å². The quantitative estimate of drug-likeness (QED) is 0.827. The number of hydrogen-bond donors (Lipinski definition) is 1. The SMILES string of the molecule is COc1cc(Br)c([C@H](CC(F)(F)F)N2CCNCC2)cc1OC. The molecule has 0 unspecified atom stereocenters. The van der Waals surface area contributed by atoms with Gasteiger partial charge in [-0.15, -0.1) is 0 Å². The molecule has 0 saturated carbocycles. The van der Waals surface area contributed by atoms with Crippen LogP contribution in [0, 0.1) is 0 Å². The Kier molecular flexibility index (Phi) is 6.16. The molecular weight excluding hydrogens is 377 g/mol. The van der Waals surface area contributed by atoms with E-state index in [1.807, 2.05) is 4.90 Å². The van der Waals surface area contributed by atoms with Crippen LogP contribution in [0.4, 0.5) is 13.2 Å². The standard InChI is InChI=1S/C15H20BrF3N2O2/c1-22-13-7-10(11(16)8-14(13)23-2)12(9-15(17,18)19)21-5-3-20-4-6-21/h7-8,12,20H,3-6,9H2,1-2H3/t12-/m0/s1. The van der Waals surface area contributed by atoms with Crippen molar-refractivity contribution in [2.75, 3.05) is 40.4 Å². The summed E-state index contributed by atoms with van der Waals surface area (Å²) in [5.74, 6) is 0.905. The number of nitrogens with one attached hydrogen (secondary N) is 1. The van der Waals surface area contributed by atoms with Crippen molar-refractivity contribution in [2.24, 2.45) is 0 Å². The van der Waals surface area contributed by atoms with Gasteiger partial charge in [-0.05, 0) is 17.7 Å². The third-order valence-corrected chi connectivity index (χ3v) is 4.57. The molecule has 8 heteroatoms. The van der Waals surface area contributed by atoms with E-state index in [4.69, 9.17) is 9.47 Å². The van der Waals surface area contributed by atoms with E-state index < -0.39 is 18.6 Å². The smallest absolute Gasteiger partial charge is 0.390 e. The van der Waals surface area contributed by atoms with E-state index in [-0.39, 0.29) is 0 Å². The van der Waals surface area contributed by atoms with E-state index in [2.05, 4.69) is 21.2 Å². The molecule has 130 valence electrons. The maximum atomic E-state index is 13.1. The Labute approximate surface area is 142 Å². The summed E-state index contributed by atoms with van der Waals surface area (Å²) in [6, 6.07) is 2.52. The summed E-state index contributed by atoms with van der Waals surface area (Å²) in [5.41, 5.74) is 0.557. The number of hydrogen-bond acceptors (Lipinski definition) is 4. The zero-order valence-electron chi connectivity index (χ0n) is 13.0. The molecule has 0 amide bonds. The molecular formula is C15H20BrF3N2O2. The van der Waals surface area contributed by atoms with Crippen LogP contribution in [-0.4, -0.2) is 51.5 Å². The summed E-state index contributed by atoms with van der Waals surface area (Å²) in [6.07, 6.45) is -5.15. The van der Waals surface area contributed by atoms with Gasteiger partial charge in [0.25, 0.3) is 0 Å². The predicted molar refractivity (Wildman–Crippen MR) is 85.1 cm³/mol. The van der Waals surface area contributed by atoms with E-state index in [0.717, 1.165) is 0 Å². The molecule has 1 atom stereocenters. The van der Waals surface area contributed by atoms with Crippen molar-refractivity contribution in [3.63, 3.8) is 0 Å². The number of nitrogens with zero attached hydrogens (tertiary/aromatic N) is 1. The molecule has 0 bridgehead atoms. The summed E-state index contributed by atoms with van der Waals surface area (Å²) >= 11 is 3.38. The zero-order valence-corrected chi connectivity index (χ0v) is 14.6. The molecule has 23 heavy (non-hydrogen) atoms. The molecule has 0 spiro atoms. The van der Waals surface area contributed by atoms with Crippen LogP contribution < -0.4 is 14.8 Å². The highest BCUT2D eigenvalue weighted by Gasteiger charge is 2.37. The van der Waals surface area contributed by atoms with E-state index in [1.54, 1.807) is 12.1 Å². The van der Waals surface area contributed by atoms with Crippen LogP contribution in [0.1, 0.15) is 18.0 Å². The highest BCUT2D eigenvalue weighted by atomic mass is 79.9. The molecule has 1 N–H and O–H groups in total. The fourth-order valence-electron chi connectivity index (χ4n) is 2.77. The number of rotatable bonds is 5. The highest BCUT2D eigenvalue weighted by molar-refractivity contribution is 9.10. The fourth-order valence-corrected chi connectivity index (χ4v) is 3.36. The van der Waals surface area contributed by atoms with Crippen LogP contribution in [0.2, 0.25) is 0 Å². The molecule has 1 aromatic rings. The Hall–Kier alpha value is -0.990. The van der Waals surface area contributed by atoms with Crippen LogP contribution in [-0.2, 0) is 0 Å². The summed E-state index contributed by atoms with van der Waals surface area (Å²) in [6.45, 7) is 2.50. The van der Waals surface area contributed by atoms with E-state index >= 15 is 0 Å². The lowest BCUT2D eigenvalue weighted by Gasteiger charge is -2.36. The normalized spacial score (nSPS) is 17.8. The average Bonchev–Trinajstić information content (AvgIpc) is 2.52. The minimum absolute atomic E-state index is 0.424. The Balaban J connectivity index is 2.41. The second-order valence-corrected chi connectivity index (χ2v) is 6.20. The molecule has 4 nitrogen and oxygen atoms in total. The van der Waals surface area contributed by atoms with Crippen molar-refractivity contribution in [2.45, 2.75) is 18.6 Å². The first-order valence-corrected chi connectivity index (χ1v) is 8.08.